The van der Waals surface area contributed by atoms with Gasteiger partial charge in [0.2, 0.25) is 0 Å². The molecule has 0 amide bonds. The minimum Gasteiger partial charge on any atom is -0.0843 e. The molecule has 1 aromatic rings. The van der Waals surface area contributed by atoms with Crippen molar-refractivity contribution < 1.29 is 0 Å². The van der Waals surface area contributed by atoms with Crippen molar-refractivity contribution in [3.63, 3.8) is 0 Å². The van der Waals surface area contributed by atoms with Crippen LogP contribution in [0.15, 0.2) is 54.6 Å². The van der Waals surface area contributed by atoms with Gasteiger partial charge in [0.15, 0.2) is 0 Å². The molecule has 112 valence electrons. The Kier molecular flexibility index (Phi) is 4.22. The zero-order valence-corrected chi connectivity index (χ0v) is 14.1. The van der Waals surface area contributed by atoms with Crippen molar-refractivity contribution in [3.05, 3.63) is 81.9 Å². The molecule has 3 rings (SSSR count). The van der Waals surface area contributed by atoms with Gasteiger partial charge in [-0.25, -0.2) is 0 Å². The van der Waals surface area contributed by atoms with Gasteiger partial charge < -0.3 is 0 Å². The zero-order chi connectivity index (χ0) is 15.7. The van der Waals surface area contributed by atoms with Crippen molar-refractivity contribution in [2.75, 3.05) is 0 Å². The second-order valence-corrected chi connectivity index (χ2v) is 6.74. The second kappa shape index (κ2) is 6.14. The summed E-state index contributed by atoms with van der Waals surface area (Å²) in [5, 5.41) is 0.791. The number of halogens is 1. The van der Waals surface area contributed by atoms with Crippen LogP contribution in [0.25, 0.3) is 11.1 Å². The predicted molar refractivity (Wildman–Crippen MR) is 96.1 cm³/mol. The van der Waals surface area contributed by atoms with Gasteiger partial charge in [0.05, 0.1) is 0 Å². The van der Waals surface area contributed by atoms with Crippen LogP contribution in [0.5, 0.6) is 0 Å². The van der Waals surface area contributed by atoms with Crippen LogP contribution in [0.3, 0.4) is 0 Å². The molecule has 0 N–H and O–H groups in total. The molecule has 0 atom stereocenters. The summed E-state index contributed by atoms with van der Waals surface area (Å²) < 4.78 is 0. The minimum absolute atomic E-state index is 0.535. The molecule has 0 radical (unpaired) electrons. The van der Waals surface area contributed by atoms with Gasteiger partial charge in [-0.2, -0.15) is 0 Å². The van der Waals surface area contributed by atoms with Gasteiger partial charge in [-0.05, 0) is 64.8 Å². The van der Waals surface area contributed by atoms with E-state index < -0.39 is 0 Å². The van der Waals surface area contributed by atoms with Gasteiger partial charge in [0, 0.05) is 5.02 Å². The minimum atomic E-state index is 0.535. The molecular formula is C21H21Cl. The number of rotatable bonds is 3. The van der Waals surface area contributed by atoms with E-state index in [1.54, 1.807) is 0 Å². The van der Waals surface area contributed by atoms with Crippen LogP contribution in [0.2, 0.25) is 5.02 Å². The highest BCUT2D eigenvalue weighted by molar-refractivity contribution is 6.30. The largest absolute Gasteiger partial charge is 0.0843 e. The quantitative estimate of drug-likeness (QED) is 0.520. The van der Waals surface area contributed by atoms with Crippen molar-refractivity contribution in [1.82, 2.24) is 0 Å². The lowest BCUT2D eigenvalue weighted by Crippen LogP contribution is -1.89. The summed E-state index contributed by atoms with van der Waals surface area (Å²) in [7, 11) is 0. The Hall–Kier alpha value is -1.79. The van der Waals surface area contributed by atoms with Crippen molar-refractivity contribution in [2.24, 2.45) is 0 Å². The van der Waals surface area contributed by atoms with Crippen molar-refractivity contribution >= 4 is 11.6 Å². The van der Waals surface area contributed by atoms with E-state index >= 15 is 0 Å². The van der Waals surface area contributed by atoms with Gasteiger partial charge in [-0.15, -0.1) is 0 Å². The topological polar surface area (TPSA) is 0 Å². The summed E-state index contributed by atoms with van der Waals surface area (Å²) in [5.74, 6) is 0.535. The van der Waals surface area contributed by atoms with Crippen LogP contribution in [-0.2, 0) is 6.42 Å². The molecule has 2 aliphatic rings. The fourth-order valence-electron chi connectivity index (χ4n) is 2.91. The van der Waals surface area contributed by atoms with E-state index in [2.05, 4.69) is 63.2 Å². The van der Waals surface area contributed by atoms with E-state index in [1.807, 2.05) is 12.1 Å². The number of hydrogen-bond acceptors (Lipinski definition) is 0. The lowest BCUT2D eigenvalue weighted by molar-refractivity contribution is 0.868. The van der Waals surface area contributed by atoms with Crippen molar-refractivity contribution in [2.45, 2.75) is 33.1 Å². The summed E-state index contributed by atoms with van der Waals surface area (Å²) >= 11 is 5.99. The number of fused-ring (bicyclic) bond motifs is 1. The van der Waals surface area contributed by atoms with Crippen LogP contribution in [0.1, 0.15) is 42.0 Å². The van der Waals surface area contributed by atoms with E-state index in [4.69, 9.17) is 11.6 Å². The third-order valence-electron chi connectivity index (χ3n) is 4.32. The van der Waals surface area contributed by atoms with Crippen LogP contribution < -0.4 is 0 Å². The fourth-order valence-corrected chi connectivity index (χ4v) is 3.03. The van der Waals surface area contributed by atoms with Gasteiger partial charge in [-0.3, -0.25) is 0 Å². The maximum Gasteiger partial charge on any atom is 0.0406 e. The molecule has 0 spiro atoms. The summed E-state index contributed by atoms with van der Waals surface area (Å²) in [6, 6.07) is 19.5. The number of benzene rings is 1. The molecular weight excluding hydrogens is 288 g/mol. The third-order valence-corrected chi connectivity index (χ3v) is 4.58. The molecule has 1 heteroatoms. The van der Waals surface area contributed by atoms with E-state index in [-0.39, 0.29) is 0 Å². The molecule has 0 heterocycles. The molecule has 0 aliphatic heterocycles. The highest BCUT2D eigenvalue weighted by atomic mass is 35.5. The molecule has 0 bridgehead atoms. The Morgan fingerprint density at radius 2 is 1.59 bits per heavy atom. The summed E-state index contributed by atoms with van der Waals surface area (Å²) in [6.45, 7) is 6.69. The Balaban J connectivity index is 2.07. The van der Waals surface area contributed by atoms with E-state index in [1.165, 1.54) is 33.4 Å². The molecule has 2 aliphatic carbocycles. The first-order valence-corrected chi connectivity index (χ1v) is 8.19. The first-order chi connectivity index (χ1) is 10.5. The number of hydrogen-bond donors (Lipinski definition) is 0. The predicted octanol–water partition coefficient (Wildman–Crippen LogP) is 6.47. The zero-order valence-electron chi connectivity index (χ0n) is 13.4. The highest BCUT2D eigenvalue weighted by Crippen LogP contribution is 2.33. The molecule has 0 saturated heterocycles. The second-order valence-electron chi connectivity index (χ2n) is 6.30. The highest BCUT2D eigenvalue weighted by Gasteiger charge is 2.12. The van der Waals surface area contributed by atoms with Gasteiger partial charge in [0.1, 0.15) is 0 Å². The molecule has 0 fully saturated rings. The maximum absolute atomic E-state index is 5.99. The Bertz CT molecular complexity index is 754. The number of aryl methyl sites for hydroxylation is 1. The van der Waals surface area contributed by atoms with Crippen LogP contribution in [-0.4, -0.2) is 0 Å². The maximum atomic E-state index is 5.99. The van der Waals surface area contributed by atoms with E-state index in [9.17, 15) is 0 Å². The monoisotopic (exact) mass is 308 g/mol. The molecule has 0 aromatic heterocycles. The SMILES string of the molecule is Cc1ccc2c(Cc3ccc(Cl)cc3)ccc(C(C)C)cc1-2. The molecule has 22 heavy (non-hydrogen) atoms. The molecule has 0 unspecified atom stereocenters. The van der Waals surface area contributed by atoms with Crippen LogP contribution >= 0.6 is 11.6 Å². The lowest BCUT2D eigenvalue weighted by Gasteiger charge is -2.06. The molecule has 0 saturated carbocycles. The van der Waals surface area contributed by atoms with Gasteiger partial charge >= 0.3 is 0 Å². The standard InChI is InChI=1S/C21H21Cl/c1-14(2)17-7-8-18(12-16-5-9-19(22)10-6-16)20-11-4-15(3)21(20)13-17/h4-11,13-14H,12H2,1-3H3. The van der Waals surface area contributed by atoms with Crippen LogP contribution in [0.4, 0.5) is 0 Å². The third kappa shape index (κ3) is 3.03. The first kappa shape index (κ1) is 15.1. The Morgan fingerprint density at radius 3 is 2.27 bits per heavy atom. The summed E-state index contributed by atoms with van der Waals surface area (Å²) in [5.41, 5.74) is 8.14. The average Bonchev–Trinajstić information content (AvgIpc) is 2.74. The van der Waals surface area contributed by atoms with E-state index in [0.717, 1.165) is 11.4 Å². The summed E-state index contributed by atoms with van der Waals surface area (Å²) in [6.07, 6.45) is 0.934. The normalized spacial score (nSPS) is 11.3. The smallest absolute Gasteiger partial charge is 0.0406 e. The molecule has 1 aromatic carbocycles. The van der Waals surface area contributed by atoms with Crippen molar-refractivity contribution in [1.29, 1.82) is 0 Å². The summed E-state index contributed by atoms with van der Waals surface area (Å²) in [4.78, 5) is 0. The fraction of sp³-hybridized carbons (Fsp3) is 0.238. The van der Waals surface area contributed by atoms with Crippen LogP contribution in [0, 0.1) is 6.92 Å². The Labute approximate surface area is 138 Å². The van der Waals surface area contributed by atoms with E-state index in [0.29, 0.717) is 5.92 Å². The van der Waals surface area contributed by atoms with Gasteiger partial charge in [0.25, 0.3) is 0 Å². The first-order valence-electron chi connectivity index (χ1n) is 7.81. The Morgan fingerprint density at radius 1 is 0.864 bits per heavy atom. The lowest BCUT2D eigenvalue weighted by atomic mass is 9.99. The molecule has 0 nitrogen and oxygen atoms in total. The van der Waals surface area contributed by atoms with Crippen molar-refractivity contribution in [3.8, 4) is 11.1 Å². The average molecular weight is 309 g/mol. The van der Waals surface area contributed by atoms with Gasteiger partial charge in [-0.1, -0.05) is 67.9 Å².